The molecule has 0 amide bonds. The first-order chi connectivity index (χ1) is 10.2. The van der Waals surface area contributed by atoms with Gasteiger partial charge >= 0.3 is 0 Å². The first-order valence-corrected chi connectivity index (χ1v) is 7.39. The summed E-state index contributed by atoms with van der Waals surface area (Å²) in [6.45, 7) is 16.8. The molecular weight excluding hydrogens is 256 g/mol. The number of aliphatic imine (C=N–C) groups is 1. The van der Waals surface area contributed by atoms with Crippen LogP contribution in [0.5, 0.6) is 0 Å². The largest absolute Gasteiger partial charge is 0.386 e. The second kappa shape index (κ2) is 8.96. The normalized spacial score (nSPS) is 18.5. The second-order valence-corrected chi connectivity index (χ2v) is 5.02. The third-order valence-corrected chi connectivity index (χ3v) is 3.62. The molecule has 2 heteroatoms. The number of allylic oxidation sites excluding steroid dienone is 5. The Morgan fingerprint density at radius 3 is 2.81 bits per heavy atom. The van der Waals surface area contributed by atoms with Crippen molar-refractivity contribution in [1.82, 2.24) is 5.32 Å². The van der Waals surface area contributed by atoms with E-state index in [0.717, 1.165) is 30.5 Å². The molecule has 1 unspecified atom stereocenters. The van der Waals surface area contributed by atoms with E-state index in [-0.39, 0.29) is 5.92 Å². The van der Waals surface area contributed by atoms with Gasteiger partial charge in [-0.2, -0.15) is 0 Å². The van der Waals surface area contributed by atoms with Gasteiger partial charge < -0.3 is 5.32 Å². The fourth-order valence-corrected chi connectivity index (χ4v) is 2.24. The van der Waals surface area contributed by atoms with Gasteiger partial charge in [-0.25, -0.2) is 0 Å². The predicted molar refractivity (Wildman–Crippen MR) is 94.3 cm³/mol. The Morgan fingerprint density at radius 1 is 1.43 bits per heavy atom. The fraction of sp³-hybridized carbons (Fsp3) is 0.316. The number of rotatable bonds is 8. The predicted octanol–water partition coefficient (Wildman–Crippen LogP) is 4.72. The van der Waals surface area contributed by atoms with Crippen LogP contribution in [-0.4, -0.2) is 12.8 Å². The van der Waals surface area contributed by atoms with Gasteiger partial charge in [0.15, 0.2) is 0 Å². The number of nitrogens with zero attached hydrogens (tertiary/aromatic N) is 1. The van der Waals surface area contributed by atoms with Crippen molar-refractivity contribution in [3.8, 4) is 0 Å². The van der Waals surface area contributed by atoms with Gasteiger partial charge in [-0.05, 0) is 42.1 Å². The van der Waals surface area contributed by atoms with Gasteiger partial charge in [0, 0.05) is 31.1 Å². The van der Waals surface area contributed by atoms with E-state index in [0.29, 0.717) is 0 Å². The maximum Gasteiger partial charge on any atom is 0.0398 e. The van der Waals surface area contributed by atoms with Gasteiger partial charge in [-0.3, -0.25) is 4.99 Å². The summed E-state index contributed by atoms with van der Waals surface area (Å²) in [7, 11) is 0. The Hall–Kier alpha value is -2.09. The van der Waals surface area contributed by atoms with E-state index in [4.69, 9.17) is 0 Å². The van der Waals surface area contributed by atoms with Crippen LogP contribution in [-0.2, 0) is 0 Å². The van der Waals surface area contributed by atoms with E-state index in [1.54, 1.807) is 6.21 Å². The van der Waals surface area contributed by atoms with E-state index in [9.17, 15) is 0 Å². The molecule has 0 aromatic carbocycles. The van der Waals surface area contributed by atoms with E-state index in [1.165, 1.54) is 11.1 Å². The molecule has 0 radical (unpaired) electrons. The van der Waals surface area contributed by atoms with Crippen LogP contribution in [0.1, 0.15) is 26.7 Å². The van der Waals surface area contributed by atoms with E-state index in [2.05, 4.69) is 49.2 Å². The monoisotopic (exact) mass is 282 g/mol. The zero-order valence-corrected chi connectivity index (χ0v) is 13.2. The van der Waals surface area contributed by atoms with Crippen LogP contribution in [0.2, 0.25) is 0 Å². The molecule has 0 spiro atoms. The van der Waals surface area contributed by atoms with Crippen molar-refractivity contribution in [1.29, 1.82) is 0 Å². The minimum absolute atomic E-state index is 0.195. The maximum atomic E-state index is 4.28. The van der Waals surface area contributed by atoms with Gasteiger partial charge in [0.1, 0.15) is 0 Å². The molecular formula is C19H26N2. The third-order valence-electron chi connectivity index (χ3n) is 3.62. The highest BCUT2D eigenvalue weighted by Crippen LogP contribution is 2.31. The van der Waals surface area contributed by atoms with Crippen molar-refractivity contribution in [3.63, 3.8) is 0 Å². The van der Waals surface area contributed by atoms with Crippen molar-refractivity contribution in [2.45, 2.75) is 26.7 Å². The van der Waals surface area contributed by atoms with Crippen LogP contribution in [0.3, 0.4) is 0 Å². The van der Waals surface area contributed by atoms with Crippen molar-refractivity contribution in [3.05, 3.63) is 72.7 Å². The van der Waals surface area contributed by atoms with Gasteiger partial charge in [-0.1, -0.05) is 38.3 Å². The maximum absolute atomic E-state index is 4.28. The average Bonchev–Trinajstić information content (AvgIpc) is 2.95. The molecule has 21 heavy (non-hydrogen) atoms. The Labute approximate surface area is 129 Å². The molecule has 1 rings (SSSR count). The molecule has 1 aliphatic rings. The smallest absolute Gasteiger partial charge is 0.0398 e. The lowest BCUT2D eigenvalue weighted by molar-refractivity contribution is 0.835. The fourth-order valence-electron chi connectivity index (χ4n) is 2.24. The highest BCUT2D eigenvalue weighted by Gasteiger charge is 2.19. The van der Waals surface area contributed by atoms with Crippen LogP contribution >= 0.6 is 0 Å². The number of unbranched alkanes of at least 4 members (excludes halogenated alkanes) is 1. The quantitative estimate of drug-likeness (QED) is 0.296. The molecule has 1 N–H and O–H groups in total. The summed E-state index contributed by atoms with van der Waals surface area (Å²) in [4.78, 5) is 4.19. The first kappa shape index (κ1) is 17.0. The molecule has 0 aromatic rings. The van der Waals surface area contributed by atoms with Gasteiger partial charge in [0.2, 0.25) is 0 Å². The lowest BCUT2D eigenvalue weighted by Crippen LogP contribution is -2.05. The molecule has 1 aliphatic heterocycles. The molecule has 1 heterocycles. The minimum Gasteiger partial charge on any atom is -0.386 e. The summed E-state index contributed by atoms with van der Waals surface area (Å²) in [5, 5.41) is 3.29. The summed E-state index contributed by atoms with van der Waals surface area (Å²) in [6.07, 6.45) is 13.8. The zero-order chi connectivity index (χ0) is 15.7. The highest BCUT2D eigenvalue weighted by molar-refractivity contribution is 5.55. The molecule has 0 fully saturated rings. The van der Waals surface area contributed by atoms with Crippen LogP contribution in [0.15, 0.2) is 77.6 Å². The minimum atomic E-state index is 0.195. The van der Waals surface area contributed by atoms with Crippen molar-refractivity contribution in [2.24, 2.45) is 10.9 Å². The number of nitrogens with one attached hydrogen (secondary N) is 1. The van der Waals surface area contributed by atoms with Crippen molar-refractivity contribution in [2.75, 3.05) is 6.54 Å². The summed E-state index contributed by atoms with van der Waals surface area (Å²) >= 11 is 0. The highest BCUT2D eigenvalue weighted by atomic mass is 14.9. The van der Waals surface area contributed by atoms with Crippen LogP contribution in [0.4, 0.5) is 0 Å². The van der Waals surface area contributed by atoms with Crippen molar-refractivity contribution >= 4 is 6.21 Å². The van der Waals surface area contributed by atoms with Gasteiger partial charge in [-0.15, -0.1) is 6.58 Å². The van der Waals surface area contributed by atoms with E-state index >= 15 is 0 Å². The molecule has 0 aromatic heterocycles. The van der Waals surface area contributed by atoms with Gasteiger partial charge in [0.25, 0.3) is 0 Å². The van der Waals surface area contributed by atoms with Gasteiger partial charge in [0.05, 0.1) is 0 Å². The topological polar surface area (TPSA) is 24.4 Å². The van der Waals surface area contributed by atoms with Crippen LogP contribution < -0.4 is 5.32 Å². The lowest BCUT2D eigenvalue weighted by Gasteiger charge is -2.17. The number of hydrogen-bond donors (Lipinski definition) is 1. The van der Waals surface area contributed by atoms with Crippen molar-refractivity contribution < 1.29 is 0 Å². The lowest BCUT2D eigenvalue weighted by atomic mass is 9.87. The van der Waals surface area contributed by atoms with Crippen LogP contribution in [0.25, 0.3) is 0 Å². The second-order valence-electron chi connectivity index (χ2n) is 5.02. The zero-order valence-electron chi connectivity index (χ0n) is 13.2. The molecule has 1 atom stereocenters. The SMILES string of the molecule is C=CCC/C=C1\CNC=C1C(=C)C(C)/C(C=C)=C/N=C\C. The summed E-state index contributed by atoms with van der Waals surface area (Å²) in [5.41, 5.74) is 4.70. The van der Waals surface area contributed by atoms with E-state index < -0.39 is 0 Å². The third kappa shape index (κ3) is 4.75. The molecule has 0 saturated carbocycles. The molecule has 0 aliphatic carbocycles. The summed E-state index contributed by atoms with van der Waals surface area (Å²) < 4.78 is 0. The summed E-state index contributed by atoms with van der Waals surface area (Å²) in [5.74, 6) is 0.195. The Balaban J connectivity index is 2.88. The summed E-state index contributed by atoms with van der Waals surface area (Å²) in [6, 6.07) is 0. The molecule has 112 valence electrons. The molecule has 0 bridgehead atoms. The van der Waals surface area contributed by atoms with E-state index in [1.807, 2.05) is 25.3 Å². The number of hydrogen-bond acceptors (Lipinski definition) is 2. The molecule has 2 nitrogen and oxygen atoms in total. The standard InChI is InChI=1S/C19H26N2/c1-6-9-10-11-18-13-21-14-19(18)16(5)15(4)17(7-2)12-20-8-3/h6-8,11-12,14-15,21H,1-2,5,9-10,13H2,3-4H3/b17-12+,18-11+,20-8-. The molecule has 0 saturated heterocycles. The van der Waals surface area contributed by atoms with Crippen LogP contribution in [0, 0.1) is 5.92 Å². The Morgan fingerprint density at radius 2 is 2.19 bits per heavy atom. The Bertz CT molecular complexity index is 516. The average molecular weight is 282 g/mol. The first-order valence-electron chi connectivity index (χ1n) is 7.39. The Kier molecular flexibility index (Phi) is 7.24.